The fourth-order valence-corrected chi connectivity index (χ4v) is 2.88. The van der Waals surface area contributed by atoms with Crippen molar-refractivity contribution in [2.75, 3.05) is 6.61 Å². The lowest BCUT2D eigenvalue weighted by Crippen LogP contribution is -2.20. The minimum absolute atomic E-state index is 0.0608. The third-order valence-electron chi connectivity index (χ3n) is 3.78. The van der Waals surface area contributed by atoms with E-state index in [1.165, 1.54) is 18.3 Å². The van der Waals surface area contributed by atoms with E-state index in [1.807, 2.05) is 0 Å². The van der Waals surface area contributed by atoms with Gasteiger partial charge in [0.2, 0.25) is 0 Å². The Morgan fingerprint density at radius 3 is 2.89 bits per heavy atom. The SMILES string of the molecule is C#CCOc1ccc(C=Nn2c(C)nc3ccc(Br)cc3c2=O)cc1[N+](=O)[O-]. The molecule has 0 bridgehead atoms. The average molecular weight is 441 g/mol. The number of fused-ring (bicyclic) bond motifs is 1. The smallest absolute Gasteiger partial charge is 0.311 e. The summed E-state index contributed by atoms with van der Waals surface area (Å²) >= 11 is 3.33. The van der Waals surface area contributed by atoms with Gasteiger partial charge < -0.3 is 4.74 Å². The first-order valence-electron chi connectivity index (χ1n) is 7.98. The molecule has 0 saturated carbocycles. The van der Waals surface area contributed by atoms with Crippen LogP contribution in [0.15, 0.2) is 50.8 Å². The lowest BCUT2D eigenvalue weighted by molar-refractivity contribution is -0.385. The summed E-state index contributed by atoms with van der Waals surface area (Å²) in [6, 6.07) is 9.50. The predicted octanol–water partition coefficient (Wildman–Crippen LogP) is 3.27. The molecule has 1 heterocycles. The molecule has 0 amide bonds. The Labute approximate surface area is 167 Å². The van der Waals surface area contributed by atoms with Crippen molar-refractivity contribution < 1.29 is 9.66 Å². The van der Waals surface area contributed by atoms with Crippen LogP contribution in [-0.4, -0.2) is 27.4 Å². The molecule has 0 radical (unpaired) electrons. The summed E-state index contributed by atoms with van der Waals surface area (Å²) in [6.07, 6.45) is 6.46. The highest BCUT2D eigenvalue weighted by atomic mass is 79.9. The molecular formula is C19H13BrN4O4. The normalized spacial score (nSPS) is 10.9. The van der Waals surface area contributed by atoms with Crippen LogP contribution < -0.4 is 10.3 Å². The van der Waals surface area contributed by atoms with Gasteiger partial charge in [0.05, 0.1) is 22.0 Å². The van der Waals surface area contributed by atoms with E-state index in [-0.39, 0.29) is 23.6 Å². The largest absolute Gasteiger partial charge is 0.474 e. The number of hydrogen-bond acceptors (Lipinski definition) is 6. The minimum Gasteiger partial charge on any atom is -0.474 e. The van der Waals surface area contributed by atoms with Crippen LogP contribution in [0.1, 0.15) is 11.4 Å². The fourth-order valence-electron chi connectivity index (χ4n) is 2.52. The zero-order valence-electron chi connectivity index (χ0n) is 14.6. The Bertz CT molecular complexity index is 1210. The van der Waals surface area contributed by atoms with Gasteiger partial charge in [0.25, 0.3) is 5.56 Å². The molecule has 0 saturated heterocycles. The topological polar surface area (TPSA) is 99.6 Å². The second-order valence-electron chi connectivity index (χ2n) is 5.66. The summed E-state index contributed by atoms with van der Waals surface area (Å²) in [5.74, 6) is 2.70. The third-order valence-corrected chi connectivity index (χ3v) is 4.28. The number of rotatable bonds is 5. The van der Waals surface area contributed by atoms with Gasteiger partial charge in [0.15, 0.2) is 5.75 Å². The molecule has 0 fully saturated rings. The molecular weight excluding hydrogens is 428 g/mol. The van der Waals surface area contributed by atoms with Gasteiger partial charge in [-0.25, -0.2) is 4.98 Å². The fraction of sp³-hybridized carbons (Fsp3) is 0.105. The number of aromatic nitrogens is 2. The maximum atomic E-state index is 12.7. The van der Waals surface area contributed by atoms with Crippen molar-refractivity contribution >= 4 is 38.7 Å². The summed E-state index contributed by atoms with van der Waals surface area (Å²) in [6.45, 7) is 1.57. The molecule has 9 heteroatoms. The zero-order chi connectivity index (χ0) is 20.3. The third kappa shape index (κ3) is 3.92. The van der Waals surface area contributed by atoms with Crippen LogP contribution in [0.3, 0.4) is 0 Å². The van der Waals surface area contributed by atoms with Gasteiger partial charge in [0, 0.05) is 16.1 Å². The summed E-state index contributed by atoms with van der Waals surface area (Å²) in [4.78, 5) is 27.8. The van der Waals surface area contributed by atoms with Crippen LogP contribution >= 0.6 is 15.9 Å². The Morgan fingerprint density at radius 1 is 1.39 bits per heavy atom. The van der Waals surface area contributed by atoms with Gasteiger partial charge in [-0.1, -0.05) is 21.9 Å². The number of ether oxygens (including phenoxy) is 1. The second-order valence-corrected chi connectivity index (χ2v) is 6.57. The van der Waals surface area contributed by atoms with Gasteiger partial charge >= 0.3 is 5.69 Å². The van der Waals surface area contributed by atoms with Crippen molar-refractivity contribution in [1.29, 1.82) is 0 Å². The number of benzene rings is 2. The van der Waals surface area contributed by atoms with E-state index in [0.29, 0.717) is 22.3 Å². The molecule has 3 aromatic rings. The van der Waals surface area contributed by atoms with Crippen molar-refractivity contribution in [3.05, 3.63) is 72.7 Å². The monoisotopic (exact) mass is 440 g/mol. The molecule has 140 valence electrons. The zero-order valence-corrected chi connectivity index (χ0v) is 16.2. The first-order valence-corrected chi connectivity index (χ1v) is 8.78. The van der Waals surface area contributed by atoms with Gasteiger partial charge in [0.1, 0.15) is 12.4 Å². The van der Waals surface area contributed by atoms with Crippen molar-refractivity contribution in [1.82, 2.24) is 9.66 Å². The number of nitrogens with zero attached hydrogens (tertiary/aromatic N) is 4. The quantitative estimate of drug-likeness (QED) is 0.262. The number of nitro groups is 1. The van der Waals surface area contributed by atoms with Crippen LogP contribution in [0, 0.1) is 29.4 Å². The molecule has 2 aromatic carbocycles. The van der Waals surface area contributed by atoms with E-state index in [4.69, 9.17) is 11.2 Å². The van der Waals surface area contributed by atoms with Gasteiger partial charge in [-0.05, 0) is 37.3 Å². The van der Waals surface area contributed by atoms with Crippen LogP contribution in [0.25, 0.3) is 10.9 Å². The van der Waals surface area contributed by atoms with Crippen molar-refractivity contribution in [2.45, 2.75) is 6.92 Å². The molecule has 0 unspecified atom stereocenters. The molecule has 1 aromatic heterocycles. The lowest BCUT2D eigenvalue weighted by atomic mass is 10.2. The lowest BCUT2D eigenvalue weighted by Gasteiger charge is -2.06. The molecule has 3 rings (SSSR count). The van der Waals surface area contributed by atoms with E-state index < -0.39 is 4.92 Å². The highest BCUT2D eigenvalue weighted by Gasteiger charge is 2.15. The van der Waals surface area contributed by atoms with Gasteiger partial charge in [-0.3, -0.25) is 14.9 Å². The van der Waals surface area contributed by atoms with Crippen molar-refractivity contribution in [3.8, 4) is 18.1 Å². The predicted molar refractivity (Wildman–Crippen MR) is 109 cm³/mol. The molecule has 0 aliphatic rings. The molecule has 0 aliphatic carbocycles. The van der Waals surface area contributed by atoms with Crippen LogP contribution in [0.2, 0.25) is 0 Å². The van der Waals surface area contributed by atoms with E-state index in [1.54, 1.807) is 31.2 Å². The van der Waals surface area contributed by atoms with Crippen molar-refractivity contribution in [2.24, 2.45) is 5.10 Å². The summed E-state index contributed by atoms with van der Waals surface area (Å²) in [7, 11) is 0. The Kier molecular flexibility index (Phi) is 5.52. The van der Waals surface area contributed by atoms with E-state index in [0.717, 1.165) is 9.15 Å². The molecule has 8 nitrogen and oxygen atoms in total. The van der Waals surface area contributed by atoms with E-state index in [9.17, 15) is 14.9 Å². The minimum atomic E-state index is -0.574. The Hall–Kier alpha value is -3.51. The summed E-state index contributed by atoms with van der Waals surface area (Å²) in [5.41, 5.74) is 0.385. The average Bonchev–Trinajstić information content (AvgIpc) is 2.67. The summed E-state index contributed by atoms with van der Waals surface area (Å²) < 4.78 is 7.06. The maximum Gasteiger partial charge on any atom is 0.311 e. The van der Waals surface area contributed by atoms with Crippen molar-refractivity contribution in [3.63, 3.8) is 0 Å². The van der Waals surface area contributed by atoms with Gasteiger partial charge in [-0.2, -0.15) is 9.78 Å². The highest BCUT2D eigenvalue weighted by molar-refractivity contribution is 9.10. The highest BCUT2D eigenvalue weighted by Crippen LogP contribution is 2.27. The first kappa shape index (κ1) is 19.3. The second kappa shape index (κ2) is 8.02. The number of halogens is 1. The number of aryl methyl sites for hydroxylation is 1. The van der Waals surface area contributed by atoms with E-state index >= 15 is 0 Å². The Morgan fingerprint density at radius 2 is 2.18 bits per heavy atom. The van der Waals surface area contributed by atoms with Gasteiger partial charge in [-0.15, -0.1) is 6.42 Å². The molecule has 0 N–H and O–H groups in total. The number of nitro benzene ring substituents is 1. The molecule has 0 atom stereocenters. The number of terminal acetylenes is 1. The van der Waals surface area contributed by atoms with Crippen LogP contribution in [0.4, 0.5) is 5.69 Å². The maximum absolute atomic E-state index is 12.7. The standard InChI is InChI=1S/C19H13BrN4O4/c1-3-8-28-18-7-4-13(9-17(18)24(26)27)11-21-23-12(2)22-16-6-5-14(20)10-15(16)19(23)25/h1,4-7,9-11H,8H2,2H3. The first-order chi connectivity index (χ1) is 13.4. The molecule has 28 heavy (non-hydrogen) atoms. The van der Waals surface area contributed by atoms with Crippen LogP contribution in [-0.2, 0) is 0 Å². The molecule has 0 spiro atoms. The number of hydrogen-bond donors (Lipinski definition) is 0. The van der Waals surface area contributed by atoms with E-state index in [2.05, 4.69) is 31.9 Å². The Balaban J connectivity index is 2.02. The summed E-state index contributed by atoms with van der Waals surface area (Å²) in [5, 5.41) is 15.8. The molecule has 0 aliphatic heterocycles. The van der Waals surface area contributed by atoms with Crippen LogP contribution in [0.5, 0.6) is 5.75 Å².